The number of likely N-dealkylation sites (tertiary alicyclic amines) is 1. The van der Waals surface area contributed by atoms with E-state index in [0.29, 0.717) is 11.7 Å². The van der Waals surface area contributed by atoms with Gasteiger partial charge in [0.05, 0.1) is 0 Å². The number of nitrogens with zero attached hydrogens (tertiary/aromatic N) is 2. The van der Waals surface area contributed by atoms with Crippen LogP contribution in [0.4, 0.5) is 0 Å². The fourth-order valence-electron chi connectivity index (χ4n) is 6.03. The molecule has 4 nitrogen and oxygen atoms in total. The zero-order valence-electron chi connectivity index (χ0n) is 19.3. The van der Waals surface area contributed by atoms with E-state index in [1.54, 1.807) is 23.5 Å². The number of rotatable bonds is 6. The zero-order chi connectivity index (χ0) is 23.0. The van der Waals surface area contributed by atoms with Crippen molar-refractivity contribution in [3.8, 4) is 5.75 Å². The SMILES string of the molecule is CN(C(=O)/C=C/c1cc(Br)cs1)[C@@H]1CC[C@@H]2CN(CC3CC3)CC[C@@]2(c2cccc(O)c2)C1. The summed E-state index contributed by atoms with van der Waals surface area (Å²) in [5.74, 6) is 1.90. The molecule has 0 bridgehead atoms. The van der Waals surface area contributed by atoms with Crippen molar-refractivity contribution >= 4 is 39.2 Å². The van der Waals surface area contributed by atoms with Crippen LogP contribution in [-0.2, 0) is 10.2 Å². The first-order chi connectivity index (χ1) is 15.9. The maximum Gasteiger partial charge on any atom is 0.246 e. The number of phenolic OH excluding ortho intramolecular Hbond substituents is 1. The van der Waals surface area contributed by atoms with E-state index in [9.17, 15) is 9.90 Å². The van der Waals surface area contributed by atoms with Crippen LogP contribution in [0.25, 0.3) is 6.08 Å². The molecule has 1 aromatic carbocycles. The molecule has 33 heavy (non-hydrogen) atoms. The summed E-state index contributed by atoms with van der Waals surface area (Å²) in [6, 6.07) is 10.2. The molecule has 5 rings (SSSR count). The van der Waals surface area contributed by atoms with Gasteiger partial charge in [-0.15, -0.1) is 11.3 Å². The number of fused-ring (bicyclic) bond motifs is 1. The highest BCUT2D eigenvalue weighted by Gasteiger charge is 2.49. The summed E-state index contributed by atoms with van der Waals surface area (Å²) in [6.45, 7) is 3.50. The average Bonchev–Trinajstić information content (AvgIpc) is 3.54. The van der Waals surface area contributed by atoms with Gasteiger partial charge >= 0.3 is 0 Å². The summed E-state index contributed by atoms with van der Waals surface area (Å²) in [7, 11) is 1.96. The van der Waals surface area contributed by atoms with E-state index in [1.165, 1.54) is 24.9 Å². The quantitative estimate of drug-likeness (QED) is 0.474. The summed E-state index contributed by atoms with van der Waals surface area (Å²) in [5.41, 5.74) is 1.28. The van der Waals surface area contributed by atoms with E-state index < -0.39 is 0 Å². The van der Waals surface area contributed by atoms with Crippen molar-refractivity contribution in [2.24, 2.45) is 11.8 Å². The summed E-state index contributed by atoms with van der Waals surface area (Å²) < 4.78 is 1.05. The van der Waals surface area contributed by atoms with Crippen LogP contribution in [0.2, 0.25) is 0 Å². The van der Waals surface area contributed by atoms with E-state index in [0.717, 1.165) is 54.0 Å². The van der Waals surface area contributed by atoms with Gasteiger partial charge < -0.3 is 14.9 Å². The molecule has 0 radical (unpaired) electrons. The molecule has 1 saturated heterocycles. The Morgan fingerprint density at radius 1 is 1.30 bits per heavy atom. The molecular formula is C27H33BrN2O2S. The van der Waals surface area contributed by atoms with Gasteiger partial charge in [0.2, 0.25) is 5.91 Å². The second kappa shape index (κ2) is 9.55. The van der Waals surface area contributed by atoms with Gasteiger partial charge in [-0.3, -0.25) is 4.79 Å². The van der Waals surface area contributed by atoms with Gasteiger partial charge in [-0.25, -0.2) is 0 Å². The minimum Gasteiger partial charge on any atom is -0.508 e. The van der Waals surface area contributed by atoms with Crippen molar-refractivity contribution in [2.45, 2.75) is 50.0 Å². The zero-order valence-corrected chi connectivity index (χ0v) is 21.7. The van der Waals surface area contributed by atoms with Crippen LogP contribution in [0.3, 0.4) is 0 Å². The highest BCUT2D eigenvalue weighted by atomic mass is 79.9. The summed E-state index contributed by atoms with van der Waals surface area (Å²) in [6.07, 6.45) is 10.7. The molecule has 2 heterocycles. The number of carbonyl (C=O) groups excluding carboxylic acids is 1. The molecular weight excluding hydrogens is 496 g/mol. The summed E-state index contributed by atoms with van der Waals surface area (Å²) in [5, 5.41) is 12.3. The normalized spacial score (nSPS) is 28.1. The molecule has 0 spiro atoms. The predicted molar refractivity (Wildman–Crippen MR) is 139 cm³/mol. The molecule has 0 unspecified atom stereocenters. The minimum absolute atomic E-state index is 0.0264. The third-order valence-corrected chi connectivity index (χ3v) is 9.75. The average molecular weight is 530 g/mol. The molecule has 3 atom stereocenters. The predicted octanol–water partition coefficient (Wildman–Crippen LogP) is 5.91. The number of aromatic hydroxyl groups is 1. The van der Waals surface area contributed by atoms with Gasteiger partial charge in [0.15, 0.2) is 0 Å². The number of amides is 1. The Kier molecular flexibility index (Phi) is 6.69. The van der Waals surface area contributed by atoms with Crippen molar-refractivity contribution in [3.63, 3.8) is 0 Å². The first-order valence-corrected chi connectivity index (χ1v) is 13.8. The molecule has 2 aromatic rings. The largest absolute Gasteiger partial charge is 0.508 e. The Labute approximate surface area is 209 Å². The van der Waals surface area contributed by atoms with Crippen molar-refractivity contribution in [1.82, 2.24) is 9.80 Å². The fourth-order valence-corrected chi connectivity index (χ4v) is 7.37. The lowest BCUT2D eigenvalue weighted by atomic mass is 9.57. The third kappa shape index (κ3) is 5.08. The smallest absolute Gasteiger partial charge is 0.246 e. The van der Waals surface area contributed by atoms with E-state index in [4.69, 9.17) is 0 Å². The van der Waals surface area contributed by atoms with Crippen LogP contribution < -0.4 is 0 Å². The van der Waals surface area contributed by atoms with E-state index in [1.807, 2.05) is 41.6 Å². The van der Waals surface area contributed by atoms with Crippen molar-refractivity contribution < 1.29 is 9.90 Å². The van der Waals surface area contributed by atoms with E-state index in [2.05, 4.69) is 26.9 Å². The number of likely N-dealkylation sites (N-methyl/N-ethyl adjacent to an activating group) is 1. The van der Waals surface area contributed by atoms with Crippen LogP contribution in [0.5, 0.6) is 5.75 Å². The molecule has 1 amide bonds. The second-order valence-corrected chi connectivity index (χ2v) is 12.1. The number of thiophene rings is 1. The van der Waals surface area contributed by atoms with E-state index in [-0.39, 0.29) is 17.4 Å². The van der Waals surface area contributed by atoms with Crippen LogP contribution in [0, 0.1) is 11.8 Å². The Hall–Kier alpha value is -1.63. The first-order valence-electron chi connectivity index (χ1n) is 12.1. The number of benzene rings is 1. The standard InChI is InChI=1S/C27H33BrN2O2S/c1-29(26(32)10-9-25-14-22(28)18-33-25)23-8-7-21-17-30(16-19-5-6-19)12-11-27(21,15-23)20-3-2-4-24(31)13-20/h2-4,9-10,13-14,18-19,21,23,31H,5-8,11-12,15-17H2,1H3/b10-9+/t21-,23-,27+/m1/s1. The summed E-state index contributed by atoms with van der Waals surface area (Å²) >= 11 is 5.10. The van der Waals surface area contributed by atoms with Crippen molar-refractivity contribution in [3.05, 3.63) is 56.7 Å². The Balaban J connectivity index is 1.35. The molecule has 6 heteroatoms. The lowest BCUT2D eigenvalue weighted by Gasteiger charge is -2.54. The van der Waals surface area contributed by atoms with Crippen LogP contribution in [-0.4, -0.2) is 53.5 Å². The summed E-state index contributed by atoms with van der Waals surface area (Å²) in [4.78, 5) is 18.8. The monoisotopic (exact) mass is 528 g/mol. The lowest BCUT2D eigenvalue weighted by Crippen LogP contribution is -2.56. The molecule has 1 aliphatic heterocycles. The number of halogens is 1. The Morgan fingerprint density at radius 3 is 2.88 bits per heavy atom. The van der Waals surface area contributed by atoms with Crippen molar-refractivity contribution in [2.75, 3.05) is 26.7 Å². The van der Waals surface area contributed by atoms with Crippen LogP contribution >= 0.6 is 27.3 Å². The van der Waals surface area contributed by atoms with Gasteiger partial charge in [-0.1, -0.05) is 12.1 Å². The fraction of sp³-hybridized carbons (Fsp3) is 0.519. The van der Waals surface area contributed by atoms with Crippen molar-refractivity contribution in [1.29, 1.82) is 0 Å². The number of hydrogen-bond donors (Lipinski definition) is 1. The van der Waals surface area contributed by atoms with E-state index >= 15 is 0 Å². The minimum atomic E-state index is 0.0264. The Bertz CT molecular complexity index is 1030. The number of phenols is 1. The van der Waals surface area contributed by atoms with Gasteiger partial charge in [0, 0.05) is 52.4 Å². The molecule has 176 valence electrons. The number of carbonyl (C=O) groups is 1. The van der Waals surface area contributed by atoms with Gasteiger partial charge in [0.25, 0.3) is 0 Å². The molecule has 2 saturated carbocycles. The number of hydrogen-bond acceptors (Lipinski definition) is 4. The Morgan fingerprint density at radius 2 is 2.15 bits per heavy atom. The van der Waals surface area contributed by atoms with Gasteiger partial charge in [-0.05, 0) is 103 Å². The maximum absolute atomic E-state index is 13.0. The molecule has 1 N–H and O–H groups in total. The topological polar surface area (TPSA) is 43.8 Å². The highest BCUT2D eigenvalue weighted by molar-refractivity contribution is 9.10. The number of piperidine rings is 1. The maximum atomic E-state index is 13.0. The molecule has 2 aliphatic carbocycles. The first kappa shape index (κ1) is 23.1. The third-order valence-electron chi connectivity index (χ3n) is 8.09. The van der Waals surface area contributed by atoms with Crippen LogP contribution in [0.15, 0.2) is 46.3 Å². The lowest BCUT2D eigenvalue weighted by molar-refractivity contribution is -0.128. The molecule has 3 aliphatic rings. The highest BCUT2D eigenvalue weighted by Crippen LogP contribution is 2.51. The van der Waals surface area contributed by atoms with Gasteiger partial charge in [0.1, 0.15) is 5.75 Å². The van der Waals surface area contributed by atoms with Gasteiger partial charge in [-0.2, -0.15) is 0 Å². The van der Waals surface area contributed by atoms with Crippen LogP contribution in [0.1, 0.15) is 49.0 Å². The molecule has 3 fully saturated rings. The second-order valence-electron chi connectivity index (χ2n) is 10.2. The molecule has 1 aromatic heterocycles.